The van der Waals surface area contributed by atoms with Crippen LogP contribution >= 0.6 is 0 Å². The van der Waals surface area contributed by atoms with Gasteiger partial charge in [-0.2, -0.15) is 0 Å². The maximum atomic E-state index is 13.5. The Kier molecular flexibility index (Phi) is 5.93. The first-order valence-electron chi connectivity index (χ1n) is 9.41. The lowest BCUT2D eigenvalue weighted by molar-refractivity contribution is -0.168. The first-order chi connectivity index (χ1) is 13.6. The summed E-state index contributed by atoms with van der Waals surface area (Å²) in [5, 5.41) is 0. The van der Waals surface area contributed by atoms with Crippen LogP contribution in [-0.2, 0) is 19.1 Å². The zero-order chi connectivity index (χ0) is 20.1. The lowest BCUT2D eigenvalue weighted by atomic mass is 9.69. The Bertz CT molecular complexity index is 853. The number of esters is 2. The molecule has 0 saturated heterocycles. The van der Waals surface area contributed by atoms with Crippen molar-refractivity contribution in [3.63, 3.8) is 0 Å². The van der Waals surface area contributed by atoms with Gasteiger partial charge >= 0.3 is 11.9 Å². The molecule has 28 heavy (non-hydrogen) atoms. The number of halogens is 1. The van der Waals surface area contributed by atoms with Crippen molar-refractivity contribution in [3.05, 3.63) is 77.6 Å². The highest BCUT2D eigenvalue weighted by atomic mass is 19.1. The Morgan fingerprint density at radius 2 is 1.54 bits per heavy atom. The van der Waals surface area contributed by atoms with Gasteiger partial charge in [0, 0.05) is 5.92 Å². The molecule has 2 aromatic rings. The Balaban J connectivity index is 2.21. The van der Waals surface area contributed by atoms with Crippen LogP contribution in [0.5, 0.6) is 0 Å². The smallest absolute Gasteiger partial charge is 0.328 e. The first-order valence-corrected chi connectivity index (χ1v) is 9.41. The zero-order valence-electron chi connectivity index (χ0n) is 16.0. The van der Waals surface area contributed by atoms with Crippen LogP contribution in [0.15, 0.2) is 60.7 Å². The van der Waals surface area contributed by atoms with Crippen LogP contribution in [0.2, 0.25) is 0 Å². The van der Waals surface area contributed by atoms with Crippen molar-refractivity contribution in [2.75, 3.05) is 13.2 Å². The summed E-state index contributed by atoms with van der Waals surface area (Å²) >= 11 is 0. The predicted molar refractivity (Wildman–Crippen MR) is 104 cm³/mol. The molecule has 1 atom stereocenters. The summed E-state index contributed by atoms with van der Waals surface area (Å²) in [4.78, 5) is 26.6. The predicted octanol–water partition coefficient (Wildman–Crippen LogP) is 4.51. The van der Waals surface area contributed by atoms with Crippen molar-refractivity contribution >= 4 is 17.5 Å². The molecule has 0 fully saturated rings. The molecule has 0 spiro atoms. The topological polar surface area (TPSA) is 52.6 Å². The normalized spacial score (nSPS) is 17.7. The van der Waals surface area contributed by atoms with Gasteiger partial charge in [-0.1, -0.05) is 48.5 Å². The Hall–Kier alpha value is -2.95. The van der Waals surface area contributed by atoms with Crippen LogP contribution in [0.4, 0.5) is 4.39 Å². The molecule has 5 heteroatoms. The summed E-state index contributed by atoms with van der Waals surface area (Å²) in [5.74, 6) is -2.21. The molecule has 0 N–H and O–H groups in total. The van der Waals surface area contributed by atoms with Gasteiger partial charge in [-0.15, -0.1) is 0 Å². The number of carbonyl (C=O) groups is 2. The number of hydrogen-bond donors (Lipinski definition) is 0. The van der Waals surface area contributed by atoms with Gasteiger partial charge in [0.1, 0.15) is 5.82 Å². The number of rotatable bonds is 6. The van der Waals surface area contributed by atoms with Gasteiger partial charge in [-0.25, -0.2) is 4.39 Å². The van der Waals surface area contributed by atoms with E-state index in [-0.39, 0.29) is 19.0 Å². The molecule has 0 radical (unpaired) electrons. The Labute approximate surface area is 164 Å². The molecule has 0 saturated carbocycles. The van der Waals surface area contributed by atoms with Gasteiger partial charge in [0.05, 0.1) is 13.2 Å². The highest BCUT2D eigenvalue weighted by molar-refractivity contribution is 6.14. The second-order valence-electron chi connectivity index (χ2n) is 6.57. The van der Waals surface area contributed by atoms with Crippen molar-refractivity contribution in [2.45, 2.75) is 26.2 Å². The molecular weight excluding hydrogens is 359 g/mol. The molecule has 3 rings (SSSR count). The minimum atomic E-state index is -1.63. The third kappa shape index (κ3) is 3.33. The molecular formula is C23H23FO4. The van der Waals surface area contributed by atoms with Crippen molar-refractivity contribution in [2.24, 2.45) is 5.41 Å². The van der Waals surface area contributed by atoms with E-state index in [2.05, 4.69) is 0 Å². The second kappa shape index (κ2) is 8.38. The Morgan fingerprint density at radius 1 is 0.964 bits per heavy atom. The van der Waals surface area contributed by atoms with Crippen molar-refractivity contribution < 1.29 is 23.5 Å². The largest absolute Gasteiger partial charge is 0.465 e. The third-order valence-electron chi connectivity index (χ3n) is 5.06. The van der Waals surface area contributed by atoms with E-state index in [1.54, 1.807) is 26.0 Å². The lowest BCUT2D eigenvalue weighted by Gasteiger charge is -2.34. The quantitative estimate of drug-likeness (QED) is 0.545. The molecule has 4 nitrogen and oxygen atoms in total. The molecule has 0 heterocycles. The van der Waals surface area contributed by atoms with Crippen molar-refractivity contribution in [1.82, 2.24) is 0 Å². The molecule has 0 amide bonds. The summed E-state index contributed by atoms with van der Waals surface area (Å²) in [6.45, 7) is 3.67. The summed E-state index contributed by atoms with van der Waals surface area (Å²) < 4.78 is 24.2. The lowest BCUT2D eigenvalue weighted by Crippen LogP contribution is -2.45. The van der Waals surface area contributed by atoms with E-state index >= 15 is 0 Å². The van der Waals surface area contributed by atoms with E-state index < -0.39 is 23.3 Å². The number of carbonyl (C=O) groups excluding carboxylic acids is 2. The molecule has 1 aliphatic carbocycles. The van der Waals surface area contributed by atoms with Crippen LogP contribution in [-0.4, -0.2) is 25.2 Å². The van der Waals surface area contributed by atoms with Crippen LogP contribution in [0.1, 0.15) is 37.3 Å². The van der Waals surface area contributed by atoms with Gasteiger partial charge in [-0.05, 0) is 49.1 Å². The minimum absolute atomic E-state index is 0.137. The highest BCUT2D eigenvalue weighted by Gasteiger charge is 2.60. The molecule has 0 bridgehead atoms. The van der Waals surface area contributed by atoms with E-state index in [0.717, 1.165) is 5.56 Å². The summed E-state index contributed by atoms with van der Waals surface area (Å²) in [7, 11) is 0. The summed E-state index contributed by atoms with van der Waals surface area (Å²) in [6, 6.07) is 15.1. The fraction of sp³-hybridized carbons (Fsp3) is 0.304. The van der Waals surface area contributed by atoms with Crippen molar-refractivity contribution in [3.8, 4) is 0 Å². The maximum absolute atomic E-state index is 13.5. The number of allylic oxidation sites excluding steroid dienone is 1. The van der Waals surface area contributed by atoms with Gasteiger partial charge in [-0.3, -0.25) is 9.59 Å². The molecule has 1 aliphatic rings. The monoisotopic (exact) mass is 382 g/mol. The number of ether oxygens (including phenoxy) is 2. The zero-order valence-corrected chi connectivity index (χ0v) is 16.0. The second-order valence-corrected chi connectivity index (χ2v) is 6.57. The standard InChI is InChI=1S/C23H23FO4/c1-3-27-21(25)23(22(26)28-4-2)19(16-8-6-5-7-9-16)14-15-20(23)17-10-12-18(24)13-11-17/h5-14,20H,3-4,15H2,1-2H3/t20-/m0/s1. The minimum Gasteiger partial charge on any atom is -0.465 e. The van der Waals surface area contributed by atoms with E-state index in [0.29, 0.717) is 17.6 Å². The highest BCUT2D eigenvalue weighted by Crippen LogP contribution is 2.55. The van der Waals surface area contributed by atoms with Crippen molar-refractivity contribution in [1.29, 1.82) is 0 Å². The average molecular weight is 382 g/mol. The average Bonchev–Trinajstić information content (AvgIpc) is 3.11. The third-order valence-corrected chi connectivity index (χ3v) is 5.06. The van der Waals surface area contributed by atoms with Crippen LogP contribution < -0.4 is 0 Å². The number of benzene rings is 2. The summed E-state index contributed by atoms with van der Waals surface area (Å²) in [5.41, 5.74) is 0.378. The summed E-state index contributed by atoms with van der Waals surface area (Å²) in [6.07, 6.45) is 2.32. The maximum Gasteiger partial charge on any atom is 0.328 e. The Morgan fingerprint density at radius 3 is 2.07 bits per heavy atom. The van der Waals surface area contributed by atoms with Gasteiger partial charge in [0.2, 0.25) is 0 Å². The first kappa shape index (κ1) is 19.8. The molecule has 0 aromatic heterocycles. The molecule has 0 unspecified atom stereocenters. The van der Waals surface area contributed by atoms with Gasteiger partial charge in [0.15, 0.2) is 5.41 Å². The van der Waals surface area contributed by atoms with E-state index in [1.165, 1.54) is 12.1 Å². The SMILES string of the molecule is CCOC(=O)C1(C(=O)OCC)C(c2ccccc2)=CC[C@H]1c1ccc(F)cc1. The number of hydrogen-bond acceptors (Lipinski definition) is 4. The fourth-order valence-electron chi connectivity index (χ4n) is 3.88. The van der Waals surface area contributed by atoms with Gasteiger partial charge in [0.25, 0.3) is 0 Å². The fourth-order valence-corrected chi connectivity index (χ4v) is 3.88. The van der Waals surface area contributed by atoms with Crippen LogP contribution in [0.25, 0.3) is 5.57 Å². The van der Waals surface area contributed by atoms with E-state index in [4.69, 9.17) is 9.47 Å². The molecule has 146 valence electrons. The van der Waals surface area contributed by atoms with E-state index in [9.17, 15) is 14.0 Å². The van der Waals surface area contributed by atoms with Crippen LogP contribution in [0, 0.1) is 11.2 Å². The molecule has 2 aromatic carbocycles. The van der Waals surface area contributed by atoms with Gasteiger partial charge < -0.3 is 9.47 Å². The van der Waals surface area contributed by atoms with Crippen LogP contribution in [0.3, 0.4) is 0 Å². The van der Waals surface area contributed by atoms with E-state index in [1.807, 2.05) is 36.4 Å². The molecule has 0 aliphatic heterocycles.